The van der Waals surface area contributed by atoms with Crippen molar-refractivity contribution >= 4 is 6.03 Å². The number of rotatable bonds is 6. The Morgan fingerprint density at radius 2 is 2.04 bits per heavy atom. The number of carbonyl (C=O) groups excluding carboxylic acids is 1. The SMILES string of the molecule is Cc1cc(C)n(C[C@H](C)CNC(=O)N[C@H](C)c2ccc(C)o2)n1. The minimum Gasteiger partial charge on any atom is -0.464 e. The van der Waals surface area contributed by atoms with E-state index in [0.29, 0.717) is 12.5 Å². The number of hydrogen-bond acceptors (Lipinski definition) is 3. The summed E-state index contributed by atoms with van der Waals surface area (Å²) in [6, 6.07) is 5.48. The third kappa shape index (κ3) is 4.87. The van der Waals surface area contributed by atoms with Crippen molar-refractivity contribution in [2.75, 3.05) is 6.54 Å². The van der Waals surface area contributed by atoms with Gasteiger partial charge in [-0.3, -0.25) is 4.68 Å². The fraction of sp³-hybridized carbons (Fsp3) is 0.529. The highest BCUT2D eigenvalue weighted by atomic mass is 16.3. The number of nitrogens with one attached hydrogen (secondary N) is 2. The van der Waals surface area contributed by atoms with Crippen LogP contribution in [0.2, 0.25) is 0 Å². The van der Waals surface area contributed by atoms with Crippen LogP contribution in [0.25, 0.3) is 0 Å². The number of furan rings is 1. The van der Waals surface area contributed by atoms with Gasteiger partial charge < -0.3 is 15.1 Å². The summed E-state index contributed by atoms with van der Waals surface area (Å²) in [7, 11) is 0. The highest BCUT2D eigenvalue weighted by Crippen LogP contribution is 2.15. The van der Waals surface area contributed by atoms with Crippen molar-refractivity contribution in [1.29, 1.82) is 0 Å². The second kappa shape index (κ2) is 7.35. The lowest BCUT2D eigenvalue weighted by molar-refractivity contribution is 0.233. The minimum absolute atomic E-state index is 0.157. The Bertz CT molecular complexity index is 659. The zero-order valence-corrected chi connectivity index (χ0v) is 14.5. The molecular formula is C17H26N4O2. The highest BCUT2D eigenvalue weighted by molar-refractivity contribution is 5.74. The molecule has 0 aliphatic carbocycles. The standard InChI is InChI=1S/C17H26N4O2/c1-11(10-21-13(3)8-12(2)20-21)9-18-17(22)19-15(5)16-7-6-14(4)23-16/h6-8,11,15H,9-10H2,1-5H3,(H2,18,19,22)/t11-,15-/m1/s1. The Hall–Kier alpha value is -2.24. The van der Waals surface area contributed by atoms with Gasteiger partial charge in [0, 0.05) is 18.8 Å². The van der Waals surface area contributed by atoms with Crippen molar-refractivity contribution in [2.45, 2.75) is 47.2 Å². The van der Waals surface area contributed by atoms with Crippen molar-refractivity contribution in [2.24, 2.45) is 5.92 Å². The molecule has 0 spiro atoms. The number of carbonyl (C=O) groups is 1. The molecule has 2 rings (SSSR count). The monoisotopic (exact) mass is 318 g/mol. The Labute approximate surface area is 137 Å². The predicted molar refractivity (Wildman–Crippen MR) is 89.3 cm³/mol. The number of nitrogens with zero attached hydrogens (tertiary/aromatic N) is 2. The van der Waals surface area contributed by atoms with Crippen LogP contribution in [0.3, 0.4) is 0 Å². The molecule has 6 heteroatoms. The van der Waals surface area contributed by atoms with Crippen LogP contribution in [0.15, 0.2) is 22.6 Å². The van der Waals surface area contributed by atoms with Crippen molar-refractivity contribution in [3.05, 3.63) is 41.1 Å². The molecule has 2 heterocycles. The summed E-state index contributed by atoms with van der Waals surface area (Å²) in [5.41, 5.74) is 2.16. The molecule has 0 saturated heterocycles. The van der Waals surface area contributed by atoms with Gasteiger partial charge in [0.2, 0.25) is 0 Å². The van der Waals surface area contributed by atoms with Crippen LogP contribution >= 0.6 is 0 Å². The van der Waals surface area contributed by atoms with E-state index in [0.717, 1.165) is 29.5 Å². The molecule has 0 fully saturated rings. The van der Waals surface area contributed by atoms with Gasteiger partial charge >= 0.3 is 6.03 Å². The largest absolute Gasteiger partial charge is 0.464 e. The summed E-state index contributed by atoms with van der Waals surface area (Å²) >= 11 is 0. The lowest BCUT2D eigenvalue weighted by Crippen LogP contribution is -2.39. The number of aryl methyl sites for hydroxylation is 3. The molecule has 0 saturated carbocycles. The van der Waals surface area contributed by atoms with Crippen LogP contribution in [0, 0.1) is 26.7 Å². The van der Waals surface area contributed by atoms with E-state index in [1.165, 1.54) is 0 Å². The van der Waals surface area contributed by atoms with E-state index >= 15 is 0 Å². The van der Waals surface area contributed by atoms with Gasteiger partial charge in [0.15, 0.2) is 0 Å². The number of aromatic nitrogens is 2. The molecule has 0 aromatic carbocycles. The quantitative estimate of drug-likeness (QED) is 0.859. The zero-order chi connectivity index (χ0) is 17.0. The maximum atomic E-state index is 12.0. The molecule has 126 valence electrons. The Balaban J connectivity index is 1.76. The third-order valence-corrected chi connectivity index (χ3v) is 3.73. The van der Waals surface area contributed by atoms with Crippen molar-refractivity contribution in [3.63, 3.8) is 0 Å². The first-order valence-electron chi connectivity index (χ1n) is 7.97. The molecule has 2 atom stereocenters. The van der Waals surface area contributed by atoms with Gasteiger partial charge in [0.1, 0.15) is 11.5 Å². The highest BCUT2D eigenvalue weighted by Gasteiger charge is 2.13. The molecule has 2 N–H and O–H groups in total. The first kappa shape index (κ1) is 17.1. The molecule has 2 aromatic heterocycles. The molecule has 2 amide bonds. The van der Waals surface area contributed by atoms with Gasteiger partial charge in [-0.05, 0) is 51.8 Å². The van der Waals surface area contributed by atoms with Gasteiger partial charge in [0.25, 0.3) is 0 Å². The van der Waals surface area contributed by atoms with E-state index in [1.807, 2.05) is 44.5 Å². The molecule has 2 aromatic rings. The summed E-state index contributed by atoms with van der Waals surface area (Å²) in [4.78, 5) is 12.0. The summed E-state index contributed by atoms with van der Waals surface area (Å²) in [5, 5.41) is 10.2. The summed E-state index contributed by atoms with van der Waals surface area (Å²) in [5.74, 6) is 1.89. The van der Waals surface area contributed by atoms with Crippen LogP contribution in [-0.2, 0) is 6.54 Å². The Morgan fingerprint density at radius 1 is 1.30 bits per heavy atom. The second-order valence-corrected chi connectivity index (χ2v) is 6.24. The number of hydrogen-bond donors (Lipinski definition) is 2. The fourth-order valence-electron chi connectivity index (χ4n) is 2.49. The van der Waals surface area contributed by atoms with Crippen LogP contribution in [0.5, 0.6) is 0 Å². The molecule has 0 aliphatic rings. The average molecular weight is 318 g/mol. The topological polar surface area (TPSA) is 72.1 Å². The van der Waals surface area contributed by atoms with Gasteiger partial charge in [-0.25, -0.2) is 4.79 Å². The van der Waals surface area contributed by atoms with Crippen molar-refractivity contribution < 1.29 is 9.21 Å². The van der Waals surface area contributed by atoms with Gasteiger partial charge in [-0.1, -0.05) is 6.92 Å². The average Bonchev–Trinajstić information content (AvgIpc) is 3.03. The molecule has 0 aliphatic heterocycles. The summed E-state index contributed by atoms with van der Waals surface area (Å²) < 4.78 is 7.49. The van der Waals surface area contributed by atoms with E-state index in [1.54, 1.807) is 0 Å². The second-order valence-electron chi connectivity index (χ2n) is 6.24. The molecule has 6 nitrogen and oxygen atoms in total. The Morgan fingerprint density at radius 3 is 2.61 bits per heavy atom. The molecule has 23 heavy (non-hydrogen) atoms. The lowest BCUT2D eigenvalue weighted by Gasteiger charge is -2.16. The van der Waals surface area contributed by atoms with E-state index in [9.17, 15) is 4.79 Å². The first-order valence-corrected chi connectivity index (χ1v) is 7.97. The molecular weight excluding hydrogens is 292 g/mol. The maximum absolute atomic E-state index is 12.0. The Kier molecular flexibility index (Phi) is 5.47. The van der Waals surface area contributed by atoms with Gasteiger partial charge in [0.05, 0.1) is 11.7 Å². The van der Waals surface area contributed by atoms with Crippen LogP contribution in [0.4, 0.5) is 4.79 Å². The number of urea groups is 1. The lowest BCUT2D eigenvalue weighted by atomic mass is 10.2. The molecule has 0 bridgehead atoms. The number of amides is 2. The smallest absolute Gasteiger partial charge is 0.315 e. The van der Waals surface area contributed by atoms with Crippen LogP contribution < -0.4 is 10.6 Å². The predicted octanol–water partition coefficient (Wildman–Crippen LogP) is 3.10. The van der Waals surface area contributed by atoms with Crippen LogP contribution in [0.1, 0.15) is 42.8 Å². The fourth-order valence-corrected chi connectivity index (χ4v) is 2.49. The molecule has 0 unspecified atom stereocenters. The first-order chi connectivity index (χ1) is 10.8. The molecule has 0 radical (unpaired) electrons. The van der Waals surface area contributed by atoms with Crippen molar-refractivity contribution in [1.82, 2.24) is 20.4 Å². The van der Waals surface area contributed by atoms with E-state index < -0.39 is 0 Å². The zero-order valence-electron chi connectivity index (χ0n) is 14.5. The van der Waals surface area contributed by atoms with E-state index in [2.05, 4.69) is 28.7 Å². The minimum atomic E-state index is -0.188. The van der Waals surface area contributed by atoms with Crippen molar-refractivity contribution in [3.8, 4) is 0 Å². The maximum Gasteiger partial charge on any atom is 0.315 e. The van der Waals surface area contributed by atoms with Gasteiger partial charge in [-0.2, -0.15) is 5.10 Å². The van der Waals surface area contributed by atoms with E-state index in [4.69, 9.17) is 4.42 Å². The van der Waals surface area contributed by atoms with Gasteiger partial charge in [-0.15, -0.1) is 0 Å². The summed E-state index contributed by atoms with van der Waals surface area (Å²) in [6.07, 6.45) is 0. The summed E-state index contributed by atoms with van der Waals surface area (Å²) in [6.45, 7) is 11.3. The van der Waals surface area contributed by atoms with E-state index in [-0.39, 0.29) is 12.1 Å². The third-order valence-electron chi connectivity index (χ3n) is 3.73. The van der Waals surface area contributed by atoms with Crippen LogP contribution in [-0.4, -0.2) is 22.4 Å². The normalized spacial score (nSPS) is 13.6.